The summed E-state index contributed by atoms with van der Waals surface area (Å²) in [5, 5.41) is 0. The average Bonchev–Trinajstić information content (AvgIpc) is 2.28. The lowest BCUT2D eigenvalue weighted by Gasteiger charge is -2.09. The first-order valence-corrected chi connectivity index (χ1v) is 5.19. The molecular weight excluding hydrogens is 188 g/mol. The summed E-state index contributed by atoms with van der Waals surface area (Å²) in [7, 11) is 5.64. The van der Waals surface area contributed by atoms with E-state index in [9.17, 15) is 0 Å². The van der Waals surface area contributed by atoms with Crippen molar-refractivity contribution in [1.82, 2.24) is 4.90 Å². The summed E-state index contributed by atoms with van der Waals surface area (Å²) in [6, 6.07) is 9.93. The maximum Gasteiger partial charge on any atom is 0.119 e. The minimum Gasteiger partial charge on any atom is -0.494 e. The highest BCUT2D eigenvalue weighted by molar-refractivity contribution is 5.20. The Hall–Kier alpha value is -1.06. The first-order chi connectivity index (χ1) is 7.29. The first-order valence-electron chi connectivity index (χ1n) is 5.19. The van der Waals surface area contributed by atoms with E-state index < -0.39 is 0 Å². The van der Waals surface area contributed by atoms with E-state index in [0.29, 0.717) is 0 Å². The standard InChI is InChI=1S/C11H17NO.CH5N/c1-12(2)9-6-10-13-11-7-4-3-5-8-11;1-2/h3-5,7-8H,6,9-10H2,1-2H3;2H2,1H3. The van der Waals surface area contributed by atoms with Crippen LogP contribution >= 0.6 is 0 Å². The van der Waals surface area contributed by atoms with E-state index in [2.05, 4.69) is 24.7 Å². The Morgan fingerprint density at radius 2 is 1.73 bits per heavy atom. The van der Waals surface area contributed by atoms with Gasteiger partial charge < -0.3 is 15.4 Å². The van der Waals surface area contributed by atoms with E-state index in [1.54, 1.807) is 0 Å². The third kappa shape index (κ3) is 7.97. The molecule has 0 atom stereocenters. The van der Waals surface area contributed by atoms with Crippen LogP contribution in [-0.2, 0) is 0 Å². The Morgan fingerprint density at radius 1 is 1.13 bits per heavy atom. The monoisotopic (exact) mass is 210 g/mol. The fourth-order valence-corrected chi connectivity index (χ4v) is 1.09. The summed E-state index contributed by atoms with van der Waals surface area (Å²) in [6.45, 7) is 1.87. The molecule has 0 radical (unpaired) electrons. The lowest BCUT2D eigenvalue weighted by molar-refractivity contribution is 0.281. The van der Waals surface area contributed by atoms with Gasteiger partial charge in [-0.05, 0) is 39.7 Å². The Bertz CT molecular complexity index is 224. The van der Waals surface area contributed by atoms with Gasteiger partial charge in [-0.15, -0.1) is 0 Å². The lowest BCUT2D eigenvalue weighted by Crippen LogP contribution is -2.15. The van der Waals surface area contributed by atoms with Gasteiger partial charge in [0.1, 0.15) is 5.75 Å². The topological polar surface area (TPSA) is 38.5 Å². The summed E-state index contributed by atoms with van der Waals surface area (Å²) in [6.07, 6.45) is 1.07. The molecule has 1 aromatic carbocycles. The first kappa shape index (κ1) is 13.9. The van der Waals surface area contributed by atoms with Crippen LogP contribution < -0.4 is 10.5 Å². The molecule has 3 heteroatoms. The Kier molecular flexibility index (Phi) is 8.82. The second kappa shape index (κ2) is 9.49. The van der Waals surface area contributed by atoms with Gasteiger partial charge in [0.2, 0.25) is 0 Å². The van der Waals surface area contributed by atoms with Crippen LogP contribution in [0.3, 0.4) is 0 Å². The molecule has 0 aliphatic rings. The van der Waals surface area contributed by atoms with Gasteiger partial charge in [-0.2, -0.15) is 0 Å². The number of para-hydroxylation sites is 1. The SMILES string of the molecule is CN.CN(C)CCCOc1ccccc1. The van der Waals surface area contributed by atoms with Gasteiger partial charge in [-0.1, -0.05) is 18.2 Å². The molecule has 0 aliphatic carbocycles. The maximum absolute atomic E-state index is 5.53. The third-order valence-corrected chi connectivity index (χ3v) is 1.76. The minimum atomic E-state index is 0.794. The summed E-state index contributed by atoms with van der Waals surface area (Å²) >= 11 is 0. The zero-order valence-corrected chi connectivity index (χ0v) is 9.94. The number of hydrogen-bond donors (Lipinski definition) is 1. The van der Waals surface area contributed by atoms with Crippen LogP contribution in [0.15, 0.2) is 30.3 Å². The van der Waals surface area contributed by atoms with Crippen LogP contribution in [-0.4, -0.2) is 39.2 Å². The number of benzene rings is 1. The molecule has 0 heterocycles. The molecule has 1 rings (SSSR count). The van der Waals surface area contributed by atoms with E-state index in [4.69, 9.17) is 4.74 Å². The van der Waals surface area contributed by atoms with Gasteiger partial charge in [-0.25, -0.2) is 0 Å². The Morgan fingerprint density at radius 3 is 2.27 bits per heavy atom. The molecule has 0 aliphatic heterocycles. The number of rotatable bonds is 5. The molecule has 0 amide bonds. The van der Waals surface area contributed by atoms with Gasteiger partial charge in [0.15, 0.2) is 0 Å². The van der Waals surface area contributed by atoms with Gasteiger partial charge in [0.25, 0.3) is 0 Å². The minimum absolute atomic E-state index is 0.794. The van der Waals surface area contributed by atoms with Gasteiger partial charge in [0.05, 0.1) is 6.61 Å². The van der Waals surface area contributed by atoms with Gasteiger partial charge >= 0.3 is 0 Å². The maximum atomic E-state index is 5.53. The van der Waals surface area contributed by atoms with Crippen molar-refractivity contribution in [3.63, 3.8) is 0 Å². The number of nitrogens with two attached hydrogens (primary N) is 1. The van der Waals surface area contributed by atoms with Gasteiger partial charge in [0, 0.05) is 6.54 Å². The van der Waals surface area contributed by atoms with E-state index in [0.717, 1.165) is 25.3 Å². The van der Waals surface area contributed by atoms with Crippen LogP contribution in [0.2, 0.25) is 0 Å². The third-order valence-electron chi connectivity index (χ3n) is 1.76. The molecule has 0 saturated carbocycles. The molecular formula is C12H22N2O. The van der Waals surface area contributed by atoms with Crippen LogP contribution in [0.5, 0.6) is 5.75 Å². The van der Waals surface area contributed by atoms with Crippen LogP contribution in [0.25, 0.3) is 0 Å². The van der Waals surface area contributed by atoms with E-state index >= 15 is 0 Å². The largest absolute Gasteiger partial charge is 0.494 e. The molecule has 0 bridgehead atoms. The van der Waals surface area contributed by atoms with Crippen molar-refractivity contribution < 1.29 is 4.74 Å². The summed E-state index contributed by atoms with van der Waals surface area (Å²) < 4.78 is 5.53. The second-order valence-electron chi connectivity index (χ2n) is 3.32. The average molecular weight is 210 g/mol. The Balaban J connectivity index is 0.000000921. The van der Waals surface area contributed by atoms with Crippen molar-refractivity contribution in [2.75, 3.05) is 34.3 Å². The van der Waals surface area contributed by atoms with Crippen molar-refractivity contribution in [3.8, 4) is 5.75 Å². The normalized spacial score (nSPS) is 9.40. The molecule has 1 aromatic rings. The van der Waals surface area contributed by atoms with Gasteiger partial charge in [-0.3, -0.25) is 0 Å². The number of nitrogens with zero attached hydrogens (tertiary/aromatic N) is 1. The van der Waals surface area contributed by atoms with Crippen molar-refractivity contribution >= 4 is 0 Å². The summed E-state index contributed by atoms with van der Waals surface area (Å²) in [5.74, 6) is 0.959. The molecule has 0 unspecified atom stereocenters. The molecule has 3 nitrogen and oxygen atoms in total. The smallest absolute Gasteiger partial charge is 0.119 e. The summed E-state index contributed by atoms with van der Waals surface area (Å²) in [4.78, 5) is 2.16. The van der Waals surface area contributed by atoms with Crippen LogP contribution in [0.4, 0.5) is 0 Å². The molecule has 0 saturated heterocycles. The van der Waals surface area contributed by atoms with Crippen molar-refractivity contribution in [2.45, 2.75) is 6.42 Å². The predicted octanol–water partition coefficient (Wildman–Crippen LogP) is 1.59. The van der Waals surface area contributed by atoms with E-state index in [1.807, 2.05) is 30.3 Å². The van der Waals surface area contributed by atoms with Crippen molar-refractivity contribution in [2.24, 2.45) is 5.73 Å². The molecule has 0 fully saturated rings. The quantitative estimate of drug-likeness (QED) is 0.750. The van der Waals surface area contributed by atoms with Crippen LogP contribution in [0, 0.1) is 0 Å². The second-order valence-corrected chi connectivity index (χ2v) is 3.32. The zero-order chi connectivity index (χ0) is 11.5. The highest BCUT2D eigenvalue weighted by Gasteiger charge is 1.92. The summed E-state index contributed by atoms with van der Waals surface area (Å²) in [5.41, 5.74) is 4.50. The van der Waals surface area contributed by atoms with E-state index in [-0.39, 0.29) is 0 Å². The van der Waals surface area contributed by atoms with E-state index in [1.165, 1.54) is 7.05 Å². The Labute approximate surface area is 92.8 Å². The predicted molar refractivity (Wildman–Crippen MR) is 65.2 cm³/mol. The van der Waals surface area contributed by atoms with Crippen molar-refractivity contribution in [3.05, 3.63) is 30.3 Å². The van der Waals surface area contributed by atoms with Crippen LogP contribution in [0.1, 0.15) is 6.42 Å². The fraction of sp³-hybridized carbons (Fsp3) is 0.500. The highest BCUT2D eigenvalue weighted by atomic mass is 16.5. The molecule has 0 aromatic heterocycles. The number of ether oxygens (including phenoxy) is 1. The molecule has 15 heavy (non-hydrogen) atoms. The highest BCUT2D eigenvalue weighted by Crippen LogP contribution is 2.08. The van der Waals surface area contributed by atoms with Crippen molar-refractivity contribution in [1.29, 1.82) is 0 Å². The fourth-order valence-electron chi connectivity index (χ4n) is 1.09. The number of hydrogen-bond acceptors (Lipinski definition) is 3. The lowest BCUT2D eigenvalue weighted by atomic mass is 10.3. The molecule has 2 N–H and O–H groups in total. The molecule has 0 spiro atoms. The molecule has 86 valence electrons. The zero-order valence-electron chi connectivity index (χ0n) is 9.94.